The molecule has 1 saturated carbocycles. The van der Waals surface area contributed by atoms with Crippen molar-refractivity contribution in [3.8, 4) is 6.01 Å². The number of hydrogen-bond acceptors (Lipinski definition) is 5. The highest BCUT2D eigenvalue weighted by molar-refractivity contribution is 5.49. The Balaban J connectivity index is 1.92. The molecule has 17 heavy (non-hydrogen) atoms. The lowest BCUT2D eigenvalue weighted by Gasteiger charge is -2.29. The maximum atomic E-state index is 5.16. The van der Waals surface area contributed by atoms with Crippen molar-refractivity contribution in [3.63, 3.8) is 0 Å². The minimum Gasteiger partial charge on any atom is -0.467 e. The van der Waals surface area contributed by atoms with Crippen LogP contribution >= 0.6 is 0 Å². The highest BCUT2D eigenvalue weighted by Gasteiger charge is 2.22. The van der Waals surface area contributed by atoms with Gasteiger partial charge in [0.25, 0.3) is 0 Å². The molecule has 1 aromatic rings. The Morgan fingerprint density at radius 2 is 2.24 bits per heavy atom. The molecule has 2 heterocycles. The summed E-state index contributed by atoms with van der Waals surface area (Å²) in [5, 5.41) is 6.85. The Labute approximate surface area is 101 Å². The summed E-state index contributed by atoms with van der Waals surface area (Å²) in [5.41, 5.74) is 2.33. The number of nitrogens with zero attached hydrogens (tertiary/aromatic N) is 2. The molecule has 0 saturated heterocycles. The first kappa shape index (κ1) is 10.8. The van der Waals surface area contributed by atoms with Gasteiger partial charge in [-0.25, -0.2) is 0 Å². The van der Waals surface area contributed by atoms with Gasteiger partial charge in [0.05, 0.1) is 12.8 Å². The first-order chi connectivity index (χ1) is 8.36. The molecule has 0 spiro atoms. The van der Waals surface area contributed by atoms with Gasteiger partial charge in [0.2, 0.25) is 0 Å². The average molecular weight is 234 g/mol. The van der Waals surface area contributed by atoms with Gasteiger partial charge in [-0.15, -0.1) is 0 Å². The smallest absolute Gasteiger partial charge is 0.318 e. The van der Waals surface area contributed by atoms with E-state index in [1.807, 2.05) is 0 Å². The highest BCUT2D eigenvalue weighted by Crippen LogP contribution is 2.27. The summed E-state index contributed by atoms with van der Waals surface area (Å²) in [6.07, 6.45) is 4.82. The van der Waals surface area contributed by atoms with Crippen LogP contribution in [0.5, 0.6) is 6.01 Å². The molecule has 0 amide bonds. The van der Waals surface area contributed by atoms with Crippen LogP contribution in [0.25, 0.3) is 0 Å². The van der Waals surface area contributed by atoms with E-state index in [2.05, 4.69) is 20.6 Å². The van der Waals surface area contributed by atoms with Crippen LogP contribution in [0.1, 0.15) is 30.5 Å². The van der Waals surface area contributed by atoms with Gasteiger partial charge >= 0.3 is 6.01 Å². The molecule has 1 aliphatic heterocycles. The number of rotatable bonds is 3. The first-order valence-corrected chi connectivity index (χ1v) is 6.28. The fraction of sp³-hybridized carbons (Fsp3) is 0.667. The molecule has 2 N–H and O–H groups in total. The van der Waals surface area contributed by atoms with Crippen LogP contribution in [-0.4, -0.2) is 29.7 Å². The van der Waals surface area contributed by atoms with E-state index in [-0.39, 0.29) is 0 Å². The second-order valence-corrected chi connectivity index (χ2v) is 4.68. The van der Waals surface area contributed by atoms with Crippen molar-refractivity contribution in [3.05, 3.63) is 11.3 Å². The molecule has 0 radical (unpaired) electrons. The summed E-state index contributed by atoms with van der Waals surface area (Å²) in [6, 6.07) is 1.06. The number of fused-ring (bicyclic) bond motifs is 1. The zero-order valence-electron chi connectivity index (χ0n) is 10.1. The standard InChI is InChI=1S/C12H18N4O/c1-17-12-15-10-7-13-6-5-9(10)11(16-12)14-8-3-2-4-8/h8,13H,2-7H2,1H3,(H,14,15,16). The van der Waals surface area contributed by atoms with E-state index in [9.17, 15) is 0 Å². The molecule has 5 nitrogen and oxygen atoms in total. The largest absolute Gasteiger partial charge is 0.467 e. The second kappa shape index (κ2) is 4.49. The zero-order chi connectivity index (χ0) is 11.7. The number of aromatic nitrogens is 2. The van der Waals surface area contributed by atoms with E-state index in [1.165, 1.54) is 24.8 Å². The zero-order valence-corrected chi connectivity index (χ0v) is 10.1. The molecule has 1 aliphatic carbocycles. The molecule has 0 aromatic carbocycles. The van der Waals surface area contributed by atoms with Crippen LogP contribution in [0.15, 0.2) is 0 Å². The SMILES string of the molecule is COc1nc2c(c(NC3CCC3)n1)CCNC2. The molecular weight excluding hydrogens is 216 g/mol. The van der Waals surface area contributed by atoms with Crippen molar-refractivity contribution in [1.82, 2.24) is 15.3 Å². The van der Waals surface area contributed by atoms with Crippen molar-refractivity contribution >= 4 is 5.82 Å². The monoisotopic (exact) mass is 234 g/mol. The van der Waals surface area contributed by atoms with Crippen molar-refractivity contribution in [2.45, 2.75) is 38.3 Å². The number of ether oxygens (including phenoxy) is 1. The molecule has 1 fully saturated rings. The van der Waals surface area contributed by atoms with Crippen molar-refractivity contribution in [1.29, 1.82) is 0 Å². The Hall–Kier alpha value is -1.36. The van der Waals surface area contributed by atoms with Crippen LogP contribution in [0.4, 0.5) is 5.82 Å². The predicted molar refractivity (Wildman–Crippen MR) is 65.3 cm³/mol. The Kier molecular flexibility index (Phi) is 2.84. The quantitative estimate of drug-likeness (QED) is 0.820. The summed E-state index contributed by atoms with van der Waals surface area (Å²) < 4.78 is 5.16. The van der Waals surface area contributed by atoms with Gasteiger partial charge in [-0.1, -0.05) is 0 Å². The summed E-state index contributed by atoms with van der Waals surface area (Å²) in [6.45, 7) is 1.82. The number of hydrogen-bond donors (Lipinski definition) is 2. The Morgan fingerprint density at radius 3 is 2.94 bits per heavy atom. The van der Waals surface area contributed by atoms with Gasteiger partial charge in [-0.3, -0.25) is 0 Å². The molecular formula is C12H18N4O. The van der Waals surface area contributed by atoms with Crippen molar-refractivity contribution in [2.24, 2.45) is 0 Å². The minimum absolute atomic E-state index is 0.467. The van der Waals surface area contributed by atoms with E-state index in [0.717, 1.165) is 31.0 Å². The van der Waals surface area contributed by atoms with E-state index >= 15 is 0 Å². The van der Waals surface area contributed by atoms with E-state index in [0.29, 0.717) is 12.1 Å². The van der Waals surface area contributed by atoms with E-state index in [4.69, 9.17) is 4.74 Å². The molecule has 92 valence electrons. The molecule has 2 aliphatic rings. The predicted octanol–water partition coefficient (Wildman–Crippen LogP) is 1.10. The van der Waals surface area contributed by atoms with Crippen LogP contribution in [0, 0.1) is 0 Å². The van der Waals surface area contributed by atoms with Crippen LogP contribution in [0.3, 0.4) is 0 Å². The maximum Gasteiger partial charge on any atom is 0.318 e. The van der Waals surface area contributed by atoms with E-state index < -0.39 is 0 Å². The van der Waals surface area contributed by atoms with Gasteiger partial charge in [-0.2, -0.15) is 9.97 Å². The maximum absolute atomic E-state index is 5.16. The summed E-state index contributed by atoms with van der Waals surface area (Å²) in [4.78, 5) is 8.86. The summed E-state index contributed by atoms with van der Waals surface area (Å²) in [7, 11) is 1.62. The number of anilines is 1. The highest BCUT2D eigenvalue weighted by atomic mass is 16.5. The molecule has 5 heteroatoms. The van der Waals surface area contributed by atoms with Crippen LogP contribution in [0.2, 0.25) is 0 Å². The van der Waals surface area contributed by atoms with Gasteiger partial charge in [0.15, 0.2) is 0 Å². The lowest BCUT2D eigenvalue weighted by molar-refractivity contribution is 0.375. The van der Waals surface area contributed by atoms with Crippen LogP contribution in [-0.2, 0) is 13.0 Å². The molecule has 1 aromatic heterocycles. The lowest BCUT2D eigenvalue weighted by atomic mass is 9.93. The minimum atomic E-state index is 0.467. The first-order valence-electron chi connectivity index (χ1n) is 6.28. The lowest BCUT2D eigenvalue weighted by Crippen LogP contribution is -2.31. The number of methoxy groups -OCH3 is 1. The third kappa shape index (κ3) is 2.07. The van der Waals surface area contributed by atoms with Crippen LogP contribution < -0.4 is 15.4 Å². The molecule has 3 rings (SSSR count). The van der Waals surface area contributed by atoms with Crippen molar-refractivity contribution in [2.75, 3.05) is 19.0 Å². The fourth-order valence-electron chi connectivity index (χ4n) is 2.29. The second-order valence-electron chi connectivity index (χ2n) is 4.68. The van der Waals surface area contributed by atoms with Gasteiger partial charge in [0, 0.05) is 18.2 Å². The Morgan fingerprint density at radius 1 is 1.35 bits per heavy atom. The van der Waals surface area contributed by atoms with Crippen molar-refractivity contribution < 1.29 is 4.74 Å². The molecule has 0 unspecified atom stereocenters. The van der Waals surface area contributed by atoms with Gasteiger partial charge in [0.1, 0.15) is 5.82 Å². The fourth-order valence-corrected chi connectivity index (χ4v) is 2.29. The van der Waals surface area contributed by atoms with Gasteiger partial charge < -0.3 is 15.4 Å². The third-order valence-corrected chi connectivity index (χ3v) is 3.55. The third-order valence-electron chi connectivity index (χ3n) is 3.55. The van der Waals surface area contributed by atoms with Gasteiger partial charge in [-0.05, 0) is 32.2 Å². The average Bonchev–Trinajstić information content (AvgIpc) is 2.33. The number of nitrogens with one attached hydrogen (secondary N) is 2. The van der Waals surface area contributed by atoms with E-state index in [1.54, 1.807) is 7.11 Å². The molecule has 0 atom stereocenters. The Bertz CT molecular complexity index is 417. The summed E-state index contributed by atoms with van der Waals surface area (Å²) >= 11 is 0. The summed E-state index contributed by atoms with van der Waals surface area (Å²) in [5.74, 6) is 0.984. The normalized spacial score (nSPS) is 19.4. The topological polar surface area (TPSA) is 59.1 Å². The molecule has 0 bridgehead atoms.